The number of H-pyrrole nitrogens is 1. The highest BCUT2D eigenvalue weighted by molar-refractivity contribution is 6.32. The van der Waals surface area contributed by atoms with Gasteiger partial charge in [-0.1, -0.05) is 54.1 Å². The fourth-order valence-electron chi connectivity index (χ4n) is 2.21. The lowest BCUT2D eigenvalue weighted by atomic mass is 10.1. The van der Waals surface area contributed by atoms with Gasteiger partial charge in [0.05, 0.1) is 16.4 Å². The van der Waals surface area contributed by atoms with Crippen LogP contribution in [0.5, 0.6) is 0 Å². The number of aromatic nitrogens is 2. The smallest absolute Gasteiger partial charge is 0.274 e. The number of halogens is 1. The Hall–Kier alpha value is -2.26. The van der Waals surface area contributed by atoms with Gasteiger partial charge in [-0.05, 0) is 24.6 Å². The molecular weight excluding hydrogens is 272 g/mol. The standard InChI is InChI=1S/C16H13ClN2O/c1-11-15(12-7-3-2-4-8-12)18-19(16(11)20)14-10-6-5-9-13(14)17/h2-10,18H,1H3. The largest absolute Gasteiger partial charge is 0.290 e. The van der Waals surface area contributed by atoms with Crippen molar-refractivity contribution in [3.63, 3.8) is 0 Å². The molecule has 0 saturated heterocycles. The highest BCUT2D eigenvalue weighted by Crippen LogP contribution is 2.22. The molecule has 1 N–H and O–H groups in total. The molecule has 3 rings (SSSR count). The SMILES string of the molecule is Cc1c(-c2ccccc2)[nH]n(-c2ccccc2Cl)c1=O. The minimum absolute atomic E-state index is 0.0862. The Balaban J connectivity index is 2.22. The van der Waals surface area contributed by atoms with Gasteiger partial charge in [0, 0.05) is 5.56 Å². The summed E-state index contributed by atoms with van der Waals surface area (Å²) in [5.41, 5.74) is 3.04. The van der Waals surface area contributed by atoms with E-state index in [1.54, 1.807) is 6.07 Å². The average molecular weight is 285 g/mol. The van der Waals surface area contributed by atoms with Gasteiger partial charge in [0.1, 0.15) is 0 Å². The maximum atomic E-state index is 12.4. The first-order valence-electron chi connectivity index (χ1n) is 6.30. The monoisotopic (exact) mass is 284 g/mol. The number of aromatic amines is 1. The first-order chi connectivity index (χ1) is 9.68. The fraction of sp³-hybridized carbons (Fsp3) is 0.0625. The van der Waals surface area contributed by atoms with Crippen LogP contribution in [0.15, 0.2) is 59.4 Å². The van der Waals surface area contributed by atoms with Crippen LogP contribution in [-0.2, 0) is 0 Å². The van der Waals surface area contributed by atoms with Crippen LogP contribution in [0, 0.1) is 6.92 Å². The highest BCUT2D eigenvalue weighted by Gasteiger charge is 2.14. The number of hydrogen-bond acceptors (Lipinski definition) is 1. The lowest BCUT2D eigenvalue weighted by Crippen LogP contribution is -2.16. The molecule has 0 amide bonds. The molecule has 1 heterocycles. The predicted octanol–water partition coefficient (Wildman–Crippen LogP) is 3.79. The van der Waals surface area contributed by atoms with Crippen LogP contribution in [0.1, 0.15) is 5.56 Å². The summed E-state index contributed by atoms with van der Waals surface area (Å²) in [5.74, 6) is 0. The second-order valence-electron chi connectivity index (χ2n) is 4.57. The first-order valence-corrected chi connectivity index (χ1v) is 6.68. The number of para-hydroxylation sites is 1. The Bertz CT molecular complexity index is 803. The van der Waals surface area contributed by atoms with Gasteiger partial charge in [-0.3, -0.25) is 9.89 Å². The lowest BCUT2D eigenvalue weighted by molar-refractivity contribution is 0.851. The van der Waals surface area contributed by atoms with Gasteiger partial charge in [0.2, 0.25) is 0 Å². The number of benzene rings is 2. The van der Waals surface area contributed by atoms with E-state index in [2.05, 4.69) is 5.10 Å². The molecule has 3 aromatic rings. The summed E-state index contributed by atoms with van der Waals surface area (Å²) in [6, 6.07) is 17.0. The Morgan fingerprint density at radius 2 is 1.65 bits per heavy atom. The zero-order chi connectivity index (χ0) is 14.1. The van der Waals surface area contributed by atoms with Crippen LogP contribution in [0.3, 0.4) is 0 Å². The summed E-state index contributed by atoms with van der Waals surface area (Å²) in [7, 11) is 0. The Labute approximate surface area is 121 Å². The minimum Gasteiger partial charge on any atom is -0.290 e. The van der Waals surface area contributed by atoms with Gasteiger partial charge in [0.25, 0.3) is 5.56 Å². The van der Waals surface area contributed by atoms with E-state index in [-0.39, 0.29) is 5.56 Å². The average Bonchev–Trinajstić information content (AvgIpc) is 2.77. The van der Waals surface area contributed by atoms with E-state index in [9.17, 15) is 4.79 Å². The van der Waals surface area contributed by atoms with E-state index < -0.39 is 0 Å². The van der Waals surface area contributed by atoms with Gasteiger partial charge in [-0.15, -0.1) is 0 Å². The molecule has 0 aliphatic heterocycles. The highest BCUT2D eigenvalue weighted by atomic mass is 35.5. The van der Waals surface area contributed by atoms with Crippen molar-refractivity contribution in [2.24, 2.45) is 0 Å². The molecule has 3 nitrogen and oxygen atoms in total. The van der Waals surface area contributed by atoms with Gasteiger partial charge in [0.15, 0.2) is 0 Å². The summed E-state index contributed by atoms with van der Waals surface area (Å²) in [5, 5.41) is 3.68. The molecule has 4 heteroatoms. The van der Waals surface area contributed by atoms with Gasteiger partial charge in [-0.25, -0.2) is 4.68 Å². The van der Waals surface area contributed by atoms with Crippen LogP contribution < -0.4 is 5.56 Å². The van der Waals surface area contributed by atoms with E-state index in [1.165, 1.54) is 4.68 Å². The molecule has 0 radical (unpaired) electrons. The van der Waals surface area contributed by atoms with Gasteiger partial charge >= 0.3 is 0 Å². The van der Waals surface area contributed by atoms with Crippen molar-refractivity contribution in [3.05, 3.63) is 75.5 Å². The Kier molecular flexibility index (Phi) is 3.20. The summed E-state index contributed by atoms with van der Waals surface area (Å²) in [6.45, 7) is 1.81. The normalized spacial score (nSPS) is 10.7. The van der Waals surface area contributed by atoms with Crippen molar-refractivity contribution in [1.82, 2.24) is 9.78 Å². The van der Waals surface area contributed by atoms with E-state index in [0.29, 0.717) is 16.3 Å². The second-order valence-corrected chi connectivity index (χ2v) is 4.98. The van der Waals surface area contributed by atoms with Crippen LogP contribution in [0.4, 0.5) is 0 Å². The molecule has 100 valence electrons. The number of nitrogens with zero attached hydrogens (tertiary/aromatic N) is 1. The van der Waals surface area contributed by atoms with Gasteiger partial charge < -0.3 is 0 Å². The maximum Gasteiger partial charge on any atom is 0.274 e. The van der Waals surface area contributed by atoms with E-state index in [1.807, 2.05) is 55.5 Å². The zero-order valence-electron chi connectivity index (χ0n) is 10.9. The van der Waals surface area contributed by atoms with Crippen LogP contribution in [0.2, 0.25) is 5.02 Å². The summed E-state index contributed by atoms with van der Waals surface area (Å²) in [6.07, 6.45) is 0. The quantitative estimate of drug-likeness (QED) is 0.764. The Morgan fingerprint density at radius 1 is 1.00 bits per heavy atom. The molecule has 0 bridgehead atoms. The number of hydrogen-bond donors (Lipinski definition) is 1. The second kappa shape index (κ2) is 5.02. The summed E-state index contributed by atoms with van der Waals surface area (Å²) < 4.78 is 1.49. The number of rotatable bonds is 2. The van der Waals surface area contributed by atoms with Crippen molar-refractivity contribution in [1.29, 1.82) is 0 Å². The van der Waals surface area contributed by atoms with Gasteiger partial charge in [-0.2, -0.15) is 0 Å². The minimum atomic E-state index is -0.0862. The topological polar surface area (TPSA) is 37.8 Å². The molecule has 0 saturated carbocycles. The molecule has 0 atom stereocenters. The molecule has 20 heavy (non-hydrogen) atoms. The third kappa shape index (κ3) is 2.06. The van der Waals surface area contributed by atoms with E-state index in [0.717, 1.165) is 11.3 Å². The predicted molar refractivity (Wildman–Crippen MR) is 81.6 cm³/mol. The van der Waals surface area contributed by atoms with Crippen LogP contribution in [0.25, 0.3) is 16.9 Å². The molecule has 2 aromatic carbocycles. The van der Waals surface area contributed by atoms with Crippen LogP contribution >= 0.6 is 11.6 Å². The molecular formula is C16H13ClN2O. The zero-order valence-corrected chi connectivity index (χ0v) is 11.7. The van der Waals surface area contributed by atoms with E-state index in [4.69, 9.17) is 11.6 Å². The van der Waals surface area contributed by atoms with Crippen molar-refractivity contribution >= 4 is 11.6 Å². The first kappa shape index (κ1) is 12.8. The number of nitrogens with one attached hydrogen (secondary N) is 1. The summed E-state index contributed by atoms with van der Waals surface area (Å²) >= 11 is 6.16. The molecule has 0 unspecified atom stereocenters. The van der Waals surface area contributed by atoms with Crippen molar-refractivity contribution in [2.45, 2.75) is 6.92 Å². The van der Waals surface area contributed by atoms with Crippen LogP contribution in [-0.4, -0.2) is 9.78 Å². The van der Waals surface area contributed by atoms with Crippen molar-refractivity contribution < 1.29 is 0 Å². The third-order valence-electron chi connectivity index (χ3n) is 3.28. The van der Waals surface area contributed by atoms with Crippen molar-refractivity contribution in [3.8, 4) is 16.9 Å². The maximum absolute atomic E-state index is 12.4. The fourth-order valence-corrected chi connectivity index (χ4v) is 2.43. The molecule has 0 aliphatic carbocycles. The third-order valence-corrected chi connectivity index (χ3v) is 3.60. The molecule has 0 aliphatic rings. The molecule has 0 spiro atoms. The van der Waals surface area contributed by atoms with E-state index >= 15 is 0 Å². The summed E-state index contributed by atoms with van der Waals surface area (Å²) in [4.78, 5) is 12.4. The molecule has 0 fully saturated rings. The Morgan fingerprint density at radius 3 is 2.35 bits per heavy atom. The van der Waals surface area contributed by atoms with Crippen molar-refractivity contribution in [2.75, 3.05) is 0 Å². The lowest BCUT2D eigenvalue weighted by Gasteiger charge is -2.04. The molecule has 1 aromatic heterocycles.